The molecule has 1 aliphatic heterocycles. The molecule has 1 aliphatic carbocycles. The first kappa shape index (κ1) is 31.5. The number of imidazole rings is 1. The number of benzene rings is 1. The van der Waals surface area contributed by atoms with Gasteiger partial charge in [-0.1, -0.05) is 12.1 Å². The van der Waals surface area contributed by atoms with Crippen molar-refractivity contribution >= 4 is 22.8 Å². The zero-order valence-corrected chi connectivity index (χ0v) is 25.6. The second kappa shape index (κ2) is 13.0. The number of halogens is 2. The van der Waals surface area contributed by atoms with Gasteiger partial charge in [-0.2, -0.15) is 9.97 Å². The summed E-state index contributed by atoms with van der Waals surface area (Å²) in [4.78, 5) is 18.0. The summed E-state index contributed by atoms with van der Waals surface area (Å²) in [7, 11) is 0. The van der Waals surface area contributed by atoms with Gasteiger partial charge in [0.05, 0.1) is 35.4 Å². The molecular weight excluding hydrogens is 556 g/mol. The Balaban J connectivity index is 1.34. The Kier molecular flexibility index (Phi) is 9.50. The van der Waals surface area contributed by atoms with E-state index in [0.717, 1.165) is 25.7 Å². The van der Waals surface area contributed by atoms with Gasteiger partial charge in [-0.25, -0.2) is 13.8 Å². The summed E-state index contributed by atoms with van der Waals surface area (Å²) in [5, 5.41) is 24.4. The van der Waals surface area contributed by atoms with Crippen molar-refractivity contribution in [1.82, 2.24) is 24.4 Å². The molecule has 3 aromatic rings. The Hall–Kier alpha value is -2.93. The van der Waals surface area contributed by atoms with Gasteiger partial charge in [0.25, 0.3) is 6.43 Å². The van der Waals surface area contributed by atoms with Gasteiger partial charge in [0.15, 0.2) is 5.82 Å². The van der Waals surface area contributed by atoms with E-state index in [4.69, 9.17) is 14.7 Å². The number of aromatic nitrogens is 4. The number of nitrogens with one attached hydrogen (secondary N) is 1. The lowest BCUT2D eigenvalue weighted by Crippen LogP contribution is -2.51. The molecule has 0 amide bonds. The minimum Gasteiger partial charge on any atom is -0.389 e. The summed E-state index contributed by atoms with van der Waals surface area (Å²) in [6.45, 7) is 11.3. The van der Waals surface area contributed by atoms with Crippen LogP contribution in [0.3, 0.4) is 0 Å². The first-order valence-corrected chi connectivity index (χ1v) is 15.3. The highest BCUT2D eigenvalue weighted by Crippen LogP contribution is 2.31. The third kappa shape index (κ3) is 8.17. The van der Waals surface area contributed by atoms with Crippen LogP contribution >= 0.6 is 0 Å². The van der Waals surface area contributed by atoms with Crippen LogP contribution in [0, 0.1) is 5.92 Å². The predicted molar refractivity (Wildman–Crippen MR) is 163 cm³/mol. The molecule has 43 heavy (non-hydrogen) atoms. The number of anilines is 2. The van der Waals surface area contributed by atoms with Crippen molar-refractivity contribution in [1.29, 1.82) is 0 Å². The second-order valence-electron chi connectivity index (χ2n) is 13.2. The minimum absolute atomic E-state index is 0.281. The van der Waals surface area contributed by atoms with Crippen LogP contribution in [0.1, 0.15) is 65.6 Å². The Morgan fingerprint density at radius 1 is 0.953 bits per heavy atom. The third-order valence-electron chi connectivity index (χ3n) is 8.11. The standard InChI is InChI=1S/C31H45F2N7O3/c1-30(2,41)19-39(20-31(3,4)42)22-11-9-21(10-12-22)18-34-29-36-25(38-13-15-43-16-14-38)17-26(37-29)40-24-8-6-5-7-23(24)35-28(40)27(32)33/h5-8,17,21-22,27,41-42H,9-16,18-20H2,1-4H3,(H,34,36,37)/t21-,22-. The fraction of sp³-hybridized carbons (Fsp3) is 0.645. The maximum atomic E-state index is 14.2. The molecular formula is C31H45F2N7O3. The molecule has 0 spiro atoms. The molecule has 1 saturated heterocycles. The molecule has 2 aliphatic rings. The Bertz CT molecular complexity index is 1340. The summed E-state index contributed by atoms with van der Waals surface area (Å²) in [5.74, 6) is 1.43. The monoisotopic (exact) mass is 601 g/mol. The highest BCUT2D eigenvalue weighted by molar-refractivity contribution is 5.78. The van der Waals surface area contributed by atoms with E-state index in [1.54, 1.807) is 58.0 Å². The number of para-hydroxylation sites is 2. The second-order valence-corrected chi connectivity index (χ2v) is 13.2. The highest BCUT2D eigenvalue weighted by Gasteiger charge is 2.32. The highest BCUT2D eigenvalue weighted by atomic mass is 19.3. The molecule has 2 fully saturated rings. The molecule has 1 saturated carbocycles. The van der Waals surface area contributed by atoms with Crippen LogP contribution in [0.25, 0.3) is 16.9 Å². The minimum atomic E-state index is -2.77. The SMILES string of the molecule is CC(C)(O)CN(CC(C)(C)O)[C@H]1CC[C@H](CNc2nc(N3CCOCC3)cc(-n3c(C(F)F)nc4ccccc43)n2)CC1. The largest absolute Gasteiger partial charge is 0.389 e. The van der Waals surface area contributed by atoms with Crippen molar-refractivity contribution in [2.24, 2.45) is 5.92 Å². The van der Waals surface area contributed by atoms with Crippen LogP contribution in [0.2, 0.25) is 0 Å². The van der Waals surface area contributed by atoms with Crippen molar-refractivity contribution in [3.8, 4) is 5.82 Å². The molecule has 3 N–H and O–H groups in total. The molecule has 2 aromatic heterocycles. The molecule has 236 valence electrons. The van der Waals surface area contributed by atoms with Gasteiger partial charge < -0.3 is 25.2 Å². The summed E-state index contributed by atoms with van der Waals surface area (Å²) in [5.41, 5.74) is -0.654. The number of rotatable bonds is 11. The van der Waals surface area contributed by atoms with E-state index < -0.39 is 17.6 Å². The normalized spacial score (nSPS) is 20.4. The number of ether oxygens (including phenoxy) is 1. The zero-order valence-electron chi connectivity index (χ0n) is 25.6. The van der Waals surface area contributed by atoms with Gasteiger partial charge in [0, 0.05) is 44.8 Å². The number of morpholine rings is 1. The van der Waals surface area contributed by atoms with Crippen LogP contribution in [0.4, 0.5) is 20.5 Å². The smallest absolute Gasteiger partial charge is 0.296 e. The van der Waals surface area contributed by atoms with E-state index >= 15 is 0 Å². The molecule has 0 bridgehead atoms. The molecule has 1 aromatic carbocycles. The van der Waals surface area contributed by atoms with Gasteiger partial charge in [-0.3, -0.25) is 9.47 Å². The topological polar surface area (TPSA) is 112 Å². The van der Waals surface area contributed by atoms with Crippen molar-refractivity contribution in [2.75, 3.05) is 56.2 Å². The summed E-state index contributed by atoms with van der Waals surface area (Å²) < 4.78 is 35.3. The number of alkyl halides is 2. The van der Waals surface area contributed by atoms with Gasteiger partial charge in [-0.15, -0.1) is 0 Å². The van der Waals surface area contributed by atoms with Crippen molar-refractivity contribution in [3.63, 3.8) is 0 Å². The van der Waals surface area contributed by atoms with Gasteiger partial charge in [0.2, 0.25) is 5.95 Å². The predicted octanol–water partition coefficient (Wildman–Crippen LogP) is 4.40. The Labute approximate surface area is 252 Å². The quantitative estimate of drug-likeness (QED) is 0.294. The van der Waals surface area contributed by atoms with Gasteiger partial charge in [0.1, 0.15) is 11.6 Å². The average Bonchev–Trinajstić information content (AvgIpc) is 3.35. The lowest BCUT2D eigenvalue weighted by molar-refractivity contribution is -0.0320. The van der Waals surface area contributed by atoms with Crippen LogP contribution in [0.5, 0.6) is 0 Å². The molecule has 0 atom stereocenters. The molecule has 0 unspecified atom stereocenters. The average molecular weight is 602 g/mol. The number of aliphatic hydroxyl groups is 2. The van der Waals surface area contributed by atoms with E-state index in [0.29, 0.717) is 80.5 Å². The van der Waals surface area contributed by atoms with Crippen molar-refractivity contribution in [3.05, 3.63) is 36.2 Å². The summed E-state index contributed by atoms with van der Waals surface area (Å²) in [6, 6.07) is 9.12. The molecule has 3 heterocycles. The lowest BCUT2D eigenvalue weighted by Gasteiger charge is -2.41. The maximum Gasteiger partial charge on any atom is 0.296 e. The van der Waals surface area contributed by atoms with Gasteiger partial charge in [-0.05, 0) is 71.4 Å². The first-order chi connectivity index (χ1) is 20.4. The van der Waals surface area contributed by atoms with E-state index in [-0.39, 0.29) is 11.9 Å². The molecule has 12 heteroatoms. The summed E-state index contributed by atoms with van der Waals surface area (Å²) >= 11 is 0. The van der Waals surface area contributed by atoms with Crippen LogP contribution < -0.4 is 10.2 Å². The molecule has 5 rings (SSSR count). The first-order valence-electron chi connectivity index (χ1n) is 15.3. The van der Waals surface area contributed by atoms with E-state index in [1.807, 2.05) is 0 Å². The van der Waals surface area contributed by atoms with E-state index in [2.05, 4.69) is 20.1 Å². The zero-order chi connectivity index (χ0) is 30.8. The molecule has 10 nitrogen and oxygen atoms in total. The Morgan fingerprint density at radius 3 is 2.21 bits per heavy atom. The van der Waals surface area contributed by atoms with E-state index in [9.17, 15) is 19.0 Å². The summed E-state index contributed by atoms with van der Waals surface area (Å²) in [6.07, 6.45) is 1.09. The number of fused-ring (bicyclic) bond motifs is 1. The van der Waals surface area contributed by atoms with E-state index in [1.165, 1.54) is 4.57 Å². The van der Waals surface area contributed by atoms with Crippen molar-refractivity contribution < 1.29 is 23.7 Å². The van der Waals surface area contributed by atoms with Crippen LogP contribution in [-0.2, 0) is 4.74 Å². The Morgan fingerprint density at radius 2 is 1.58 bits per heavy atom. The van der Waals surface area contributed by atoms with Crippen LogP contribution in [0.15, 0.2) is 30.3 Å². The lowest BCUT2D eigenvalue weighted by atomic mass is 9.84. The fourth-order valence-corrected chi connectivity index (χ4v) is 6.26. The number of nitrogens with zero attached hydrogens (tertiary/aromatic N) is 6. The fourth-order valence-electron chi connectivity index (χ4n) is 6.26. The number of hydrogen-bond acceptors (Lipinski definition) is 9. The number of hydrogen-bond donors (Lipinski definition) is 3. The van der Waals surface area contributed by atoms with Crippen LogP contribution in [-0.4, -0.2) is 97.8 Å². The third-order valence-corrected chi connectivity index (χ3v) is 8.11. The van der Waals surface area contributed by atoms with Gasteiger partial charge >= 0.3 is 0 Å². The van der Waals surface area contributed by atoms with Crippen molar-refractivity contribution in [2.45, 2.75) is 77.0 Å². The maximum absolute atomic E-state index is 14.2. The molecule has 0 radical (unpaired) electrons.